The summed E-state index contributed by atoms with van der Waals surface area (Å²) in [5.41, 5.74) is -1.02. The van der Waals surface area contributed by atoms with Gasteiger partial charge >= 0.3 is 5.97 Å². The lowest BCUT2D eigenvalue weighted by molar-refractivity contribution is -0.153. The number of carbonyl (C=O) groups is 2. The first-order valence-corrected chi connectivity index (χ1v) is 6.88. The molecule has 0 radical (unpaired) electrons. The second-order valence-electron chi connectivity index (χ2n) is 6.07. The molecule has 1 aliphatic rings. The maximum Gasteiger partial charge on any atom is 0.310 e. The monoisotopic (exact) mass is 271 g/mol. The molecular weight excluding hydrogens is 246 g/mol. The average molecular weight is 271 g/mol. The summed E-state index contributed by atoms with van der Waals surface area (Å²) in [6.45, 7) is 8.62. The summed E-state index contributed by atoms with van der Waals surface area (Å²) in [6, 6.07) is 0.0893. The summed E-state index contributed by atoms with van der Waals surface area (Å²) >= 11 is 0. The van der Waals surface area contributed by atoms with Gasteiger partial charge in [-0.3, -0.25) is 9.59 Å². The van der Waals surface area contributed by atoms with E-state index >= 15 is 0 Å². The van der Waals surface area contributed by atoms with Crippen LogP contribution in [0.3, 0.4) is 0 Å². The number of nitrogens with one attached hydrogen (secondary N) is 1. The highest BCUT2D eigenvalue weighted by molar-refractivity contribution is 5.85. The van der Waals surface area contributed by atoms with Gasteiger partial charge in [-0.25, -0.2) is 0 Å². The van der Waals surface area contributed by atoms with Crippen LogP contribution < -0.4 is 5.32 Å². The number of carboxylic acids is 1. The standard InChI is InChI=1S/C14H25NO4/c1-9(2)14(4,13(17)18)7-12(16)15-11-5-6-19-8-10(11)3/h9-11H,5-8H2,1-4H3,(H,15,16)(H,17,18). The van der Waals surface area contributed by atoms with Crippen molar-refractivity contribution in [2.24, 2.45) is 17.3 Å². The second-order valence-corrected chi connectivity index (χ2v) is 6.07. The maximum absolute atomic E-state index is 12.1. The van der Waals surface area contributed by atoms with Crippen molar-refractivity contribution in [3.05, 3.63) is 0 Å². The zero-order chi connectivity index (χ0) is 14.6. The topological polar surface area (TPSA) is 75.6 Å². The van der Waals surface area contributed by atoms with Gasteiger partial charge in [0.15, 0.2) is 0 Å². The zero-order valence-electron chi connectivity index (χ0n) is 12.2. The van der Waals surface area contributed by atoms with Gasteiger partial charge in [-0.15, -0.1) is 0 Å². The highest BCUT2D eigenvalue weighted by Crippen LogP contribution is 2.31. The summed E-state index contributed by atoms with van der Waals surface area (Å²) in [4.78, 5) is 23.4. The van der Waals surface area contributed by atoms with Crippen molar-refractivity contribution in [3.63, 3.8) is 0 Å². The van der Waals surface area contributed by atoms with E-state index in [1.807, 2.05) is 20.8 Å². The molecule has 3 unspecified atom stereocenters. The lowest BCUT2D eigenvalue weighted by atomic mass is 9.76. The molecule has 0 bridgehead atoms. The summed E-state index contributed by atoms with van der Waals surface area (Å²) in [6.07, 6.45) is 0.808. The Hall–Kier alpha value is -1.10. The first-order valence-electron chi connectivity index (χ1n) is 6.88. The Morgan fingerprint density at radius 2 is 2.11 bits per heavy atom. The van der Waals surface area contributed by atoms with Gasteiger partial charge in [-0.2, -0.15) is 0 Å². The number of rotatable bonds is 5. The van der Waals surface area contributed by atoms with Crippen molar-refractivity contribution in [1.29, 1.82) is 0 Å². The van der Waals surface area contributed by atoms with Gasteiger partial charge < -0.3 is 15.2 Å². The largest absolute Gasteiger partial charge is 0.481 e. The van der Waals surface area contributed by atoms with E-state index in [2.05, 4.69) is 5.32 Å². The molecule has 110 valence electrons. The van der Waals surface area contributed by atoms with E-state index in [1.165, 1.54) is 0 Å². The van der Waals surface area contributed by atoms with E-state index in [4.69, 9.17) is 4.74 Å². The fourth-order valence-corrected chi connectivity index (χ4v) is 2.21. The smallest absolute Gasteiger partial charge is 0.310 e. The van der Waals surface area contributed by atoms with Crippen molar-refractivity contribution >= 4 is 11.9 Å². The minimum absolute atomic E-state index is 0.0179. The van der Waals surface area contributed by atoms with Crippen LogP contribution in [0.15, 0.2) is 0 Å². The van der Waals surface area contributed by atoms with Crippen molar-refractivity contribution in [3.8, 4) is 0 Å². The Kier molecular flexibility index (Phi) is 5.35. The van der Waals surface area contributed by atoms with E-state index in [1.54, 1.807) is 6.92 Å². The summed E-state index contributed by atoms with van der Waals surface area (Å²) < 4.78 is 5.33. The van der Waals surface area contributed by atoms with Gasteiger partial charge in [0.05, 0.1) is 12.0 Å². The van der Waals surface area contributed by atoms with Gasteiger partial charge in [0.2, 0.25) is 5.91 Å². The lowest BCUT2D eigenvalue weighted by Gasteiger charge is -2.32. The van der Waals surface area contributed by atoms with Crippen LogP contribution in [0, 0.1) is 17.3 Å². The summed E-state index contributed by atoms with van der Waals surface area (Å²) in [7, 11) is 0. The number of carbonyl (C=O) groups excluding carboxylic acids is 1. The van der Waals surface area contributed by atoms with Gasteiger partial charge in [0.25, 0.3) is 0 Å². The predicted molar refractivity (Wildman–Crippen MR) is 71.7 cm³/mol. The third kappa shape index (κ3) is 3.93. The third-order valence-electron chi connectivity index (χ3n) is 4.28. The minimum Gasteiger partial charge on any atom is -0.481 e. The average Bonchev–Trinajstić information content (AvgIpc) is 2.31. The number of ether oxygens (including phenoxy) is 1. The summed E-state index contributed by atoms with van der Waals surface area (Å²) in [5, 5.41) is 12.3. The maximum atomic E-state index is 12.1. The molecule has 0 aromatic heterocycles. The Morgan fingerprint density at radius 1 is 1.47 bits per heavy atom. The molecule has 3 atom stereocenters. The number of amides is 1. The molecule has 0 aromatic carbocycles. The van der Waals surface area contributed by atoms with Crippen LogP contribution in [0.25, 0.3) is 0 Å². The fraction of sp³-hybridized carbons (Fsp3) is 0.857. The second kappa shape index (κ2) is 6.37. The molecule has 1 aliphatic heterocycles. The van der Waals surface area contributed by atoms with Crippen molar-refractivity contribution < 1.29 is 19.4 Å². The predicted octanol–water partition coefficient (Wildman–Crippen LogP) is 1.66. The minimum atomic E-state index is -1.02. The highest BCUT2D eigenvalue weighted by atomic mass is 16.5. The van der Waals surface area contributed by atoms with E-state index in [0.29, 0.717) is 13.2 Å². The molecule has 19 heavy (non-hydrogen) atoms. The molecule has 1 rings (SSSR count). The van der Waals surface area contributed by atoms with E-state index < -0.39 is 11.4 Å². The Balaban J connectivity index is 2.60. The molecule has 1 amide bonds. The first kappa shape index (κ1) is 16.0. The Bertz CT molecular complexity index is 342. The van der Waals surface area contributed by atoms with Crippen LogP contribution in [0.1, 0.15) is 40.5 Å². The molecule has 1 fully saturated rings. The number of hydrogen-bond acceptors (Lipinski definition) is 3. The van der Waals surface area contributed by atoms with Crippen molar-refractivity contribution in [2.75, 3.05) is 13.2 Å². The van der Waals surface area contributed by atoms with E-state index in [-0.39, 0.29) is 30.2 Å². The van der Waals surface area contributed by atoms with Gasteiger partial charge in [-0.05, 0) is 25.2 Å². The van der Waals surface area contributed by atoms with Gasteiger partial charge in [0.1, 0.15) is 0 Å². The van der Waals surface area contributed by atoms with Crippen LogP contribution in [0.4, 0.5) is 0 Å². The Labute approximate surface area is 114 Å². The normalized spacial score (nSPS) is 26.8. The number of hydrogen-bond donors (Lipinski definition) is 2. The third-order valence-corrected chi connectivity index (χ3v) is 4.28. The van der Waals surface area contributed by atoms with Crippen molar-refractivity contribution in [2.45, 2.75) is 46.6 Å². The fourth-order valence-electron chi connectivity index (χ4n) is 2.21. The van der Waals surface area contributed by atoms with Crippen LogP contribution in [0.2, 0.25) is 0 Å². The molecule has 2 N–H and O–H groups in total. The quantitative estimate of drug-likeness (QED) is 0.797. The molecule has 0 aliphatic carbocycles. The molecular formula is C14H25NO4. The SMILES string of the molecule is CC1COCCC1NC(=O)CC(C)(C(=O)O)C(C)C. The number of carboxylic acid groups (broad SMARTS) is 1. The molecule has 0 spiro atoms. The Morgan fingerprint density at radius 3 is 2.58 bits per heavy atom. The van der Waals surface area contributed by atoms with E-state index in [0.717, 1.165) is 6.42 Å². The molecule has 5 nitrogen and oxygen atoms in total. The summed E-state index contributed by atoms with van der Waals surface area (Å²) in [5.74, 6) is -0.925. The van der Waals surface area contributed by atoms with Crippen molar-refractivity contribution in [1.82, 2.24) is 5.32 Å². The highest BCUT2D eigenvalue weighted by Gasteiger charge is 2.39. The lowest BCUT2D eigenvalue weighted by Crippen LogP contribution is -2.47. The van der Waals surface area contributed by atoms with Gasteiger partial charge in [-0.1, -0.05) is 20.8 Å². The van der Waals surface area contributed by atoms with Gasteiger partial charge in [0, 0.05) is 19.1 Å². The molecule has 0 aromatic rings. The molecule has 1 heterocycles. The first-order chi connectivity index (χ1) is 8.77. The van der Waals surface area contributed by atoms with Crippen LogP contribution >= 0.6 is 0 Å². The zero-order valence-corrected chi connectivity index (χ0v) is 12.2. The molecule has 0 saturated carbocycles. The van der Waals surface area contributed by atoms with Crippen LogP contribution in [-0.2, 0) is 14.3 Å². The molecule has 1 saturated heterocycles. The molecule has 5 heteroatoms. The van der Waals surface area contributed by atoms with Crippen LogP contribution in [-0.4, -0.2) is 36.2 Å². The van der Waals surface area contributed by atoms with E-state index in [9.17, 15) is 14.7 Å². The van der Waals surface area contributed by atoms with Crippen LogP contribution in [0.5, 0.6) is 0 Å². The number of aliphatic carboxylic acids is 1.